The van der Waals surface area contributed by atoms with E-state index in [0.29, 0.717) is 12.1 Å². The molecule has 1 aromatic rings. The normalized spacial score (nSPS) is 12.1. The van der Waals surface area contributed by atoms with Gasteiger partial charge in [0.1, 0.15) is 0 Å². The van der Waals surface area contributed by atoms with Gasteiger partial charge in [0.2, 0.25) is 11.8 Å². The number of hydrogen-bond donors (Lipinski definition) is 3. The van der Waals surface area contributed by atoms with Crippen molar-refractivity contribution in [1.29, 1.82) is 0 Å². The third-order valence-corrected chi connectivity index (χ3v) is 2.31. The highest BCUT2D eigenvalue weighted by molar-refractivity contribution is 5.94. The molecule has 1 atom stereocenters. The molecule has 16 heavy (non-hydrogen) atoms. The van der Waals surface area contributed by atoms with Crippen LogP contribution in [0, 0.1) is 0 Å². The molecule has 5 heteroatoms. The Kier molecular flexibility index (Phi) is 4.02. The first kappa shape index (κ1) is 12.2. The van der Waals surface area contributed by atoms with E-state index in [1.807, 2.05) is 0 Å². The minimum absolute atomic E-state index is 0.378. The molecule has 0 aliphatic rings. The van der Waals surface area contributed by atoms with E-state index in [1.165, 1.54) is 0 Å². The topological polar surface area (TPSA) is 98.2 Å². The van der Waals surface area contributed by atoms with Gasteiger partial charge in [-0.05, 0) is 18.6 Å². The van der Waals surface area contributed by atoms with Crippen LogP contribution < -0.4 is 16.8 Å². The lowest BCUT2D eigenvalue weighted by Gasteiger charge is -2.11. The van der Waals surface area contributed by atoms with Crippen LogP contribution in [0.15, 0.2) is 24.3 Å². The van der Waals surface area contributed by atoms with E-state index < -0.39 is 17.9 Å². The van der Waals surface area contributed by atoms with Crippen LogP contribution in [0.1, 0.15) is 22.8 Å². The molecule has 0 aromatic heterocycles. The molecular weight excluding hydrogens is 206 g/mol. The Labute approximate surface area is 93.8 Å². The molecule has 5 nitrogen and oxygen atoms in total. The summed E-state index contributed by atoms with van der Waals surface area (Å²) in [6.45, 7) is 2.04. The number of nitrogens with one attached hydrogen (secondary N) is 1. The van der Waals surface area contributed by atoms with E-state index in [0.717, 1.165) is 5.56 Å². The number of primary amides is 2. The van der Waals surface area contributed by atoms with Gasteiger partial charge in [0.25, 0.3) is 0 Å². The van der Waals surface area contributed by atoms with Crippen molar-refractivity contribution in [2.45, 2.75) is 19.5 Å². The molecule has 5 N–H and O–H groups in total. The van der Waals surface area contributed by atoms with Gasteiger partial charge in [-0.15, -0.1) is 0 Å². The van der Waals surface area contributed by atoms with Gasteiger partial charge in [0, 0.05) is 12.1 Å². The molecule has 0 aliphatic carbocycles. The minimum Gasteiger partial charge on any atom is -0.368 e. The fourth-order valence-electron chi connectivity index (χ4n) is 1.28. The molecule has 0 heterocycles. The third kappa shape index (κ3) is 3.06. The highest BCUT2D eigenvalue weighted by Crippen LogP contribution is 2.07. The lowest BCUT2D eigenvalue weighted by molar-refractivity contribution is -0.119. The van der Waals surface area contributed by atoms with Crippen molar-refractivity contribution in [1.82, 2.24) is 5.32 Å². The van der Waals surface area contributed by atoms with Crippen LogP contribution >= 0.6 is 0 Å². The van der Waals surface area contributed by atoms with Gasteiger partial charge in [-0.25, -0.2) is 0 Å². The van der Waals surface area contributed by atoms with Gasteiger partial charge in [-0.2, -0.15) is 0 Å². The van der Waals surface area contributed by atoms with E-state index in [2.05, 4.69) is 5.32 Å². The molecule has 0 saturated heterocycles. The van der Waals surface area contributed by atoms with Crippen LogP contribution in [-0.4, -0.2) is 17.9 Å². The molecule has 1 unspecified atom stereocenters. The second-order valence-corrected chi connectivity index (χ2v) is 3.53. The monoisotopic (exact) mass is 221 g/mol. The van der Waals surface area contributed by atoms with Crippen molar-refractivity contribution in [2.75, 3.05) is 0 Å². The predicted molar refractivity (Wildman–Crippen MR) is 60.5 cm³/mol. The Morgan fingerprint density at radius 2 is 1.94 bits per heavy atom. The van der Waals surface area contributed by atoms with Gasteiger partial charge in [-0.3, -0.25) is 9.59 Å². The molecule has 1 aromatic carbocycles. The van der Waals surface area contributed by atoms with Crippen LogP contribution in [0.5, 0.6) is 0 Å². The number of carbonyl (C=O) groups excluding carboxylic acids is 2. The SMILES string of the molecule is CC(NCc1ccccc1C(N)=O)C(N)=O. The Hall–Kier alpha value is -1.88. The summed E-state index contributed by atoms with van der Waals surface area (Å²) in [5, 5.41) is 2.91. The van der Waals surface area contributed by atoms with Crippen molar-refractivity contribution >= 4 is 11.8 Å². The number of carbonyl (C=O) groups is 2. The van der Waals surface area contributed by atoms with Crippen LogP contribution in [0.25, 0.3) is 0 Å². The molecule has 2 amide bonds. The lowest BCUT2D eigenvalue weighted by Crippen LogP contribution is -2.38. The molecule has 0 bridgehead atoms. The maximum Gasteiger partial charge on any atom is 0.249 e. The quantitative estimate of drug-likeness (QED) is 0.639. The van der Waals surface area contributed by atoms with Gasteiger partial charge < -0.3 is 16.8 Å². The summed E-state index contributed by atoms with van der Waals surface area (Å²) in [5.74, 6) is -0.916. The molecule has 0 fully saturated rings. The Morgan fingerprint density at radius 3 is 2.50 bits per heavy atom. The van der Waals surface area contributed by atoms with E-state index >= 15 is 0 Å². The zero-order valence-electron chi connectivity index (χ0n) is 9.07. The summed E-state index contributed by atoms with van der Waals surface area (Å²) in [6.07, 6.45) is 0. The smallest absolute Gasteiger partial charge is 0.249 e. The van der Waals surface area contributed by atoms with Gasteiger partial charge in [-0.1, -0.05) is 18.2 Å². The zero-order chi connectivity index (χ0) is 12.1. The highest BCUT2D eigenvalue weighted by atomic mass is 16.1. The Bertz CT molecular complexity index is 404. The maximum atomic E-state index is 11.1. The summed E-state index contributed by atoms with van der Waals surface area (Å²) < 4.78 is 0. The van der Waals surface area contributed by atoms with Crippen molar-refractivity contribution in [3.8, 4) is 0 Å². The number of hydrogen-bond acceptors (Lipinski definition) is 3. The van der Waals surface area contributed by atoms with Crippen molar-refractivity contribution in [3.05, 3.63) is 35.4 Å². The molecule has 0 saturated carbocycles. The van der Waals surface area contributed by atoms with Crippen molar-refractivity contribution in [3.63, 3.8) is 0 Å². The first-order chi connectivity index (χ1) is 7.52. The second-order valence-electron chi connectivity index (χ2n) is 3.53. The predicted octanol–water partition coefficient (Wildman–Crippen LogP) is -0.251. The van der Waals surface area contributed by atoms with E-state index in [1.54, 1.807) is 31.2 Å². The van der Waals surface area contributed by atoms with Crippen LogP contribution in [-0.2, 0) is 11.3 Å². The summed E-state index contributed by atoms with van der Waals surface area (Å²) in [5.41, 5.74) is 11.5. The van der Waals surface area contributed by atoms with E-state index in [4.69, 9.17) is 11.5 Å². The van der Waals surface area contributed by atoms with E-state index in [9.17, 15) is 9.59 Å². The fraction of sp³-hybridized carbons (Fsp3) is 0.273. The van der Waals surface area contributed by atoms with Crippen LogP contribution in [0.3, 0.4) is 0 Å². The summed E-state index contributed by atoms with van der Waals surface area (Å²) in [4.78, 5) is 21.9. The molecular formula is C11H15N3O2. The molecule has 0 aliphatic heterocycles. The molecule has 0 spiro atoms. The van der Waals surface area contributed by atoms with Gasteiger partial charge in [0.05, 0.1) is 6.04 Å². The Morgan fingerprint density at radius 1 is 1.31 bits per heavy atom. The van der Waals surface area contributed by atoms with Crippen LogP contribution in [0.4, 0.5) is 0 Å². The fourth-order valence-corrected chi connectivity index (χ4v) is 1.28. The zero-order valence-corrected chi connectivity index (χ0v) is 9.07. The average molecular weight is 221 g/mol. The second kappa shape index (κ2) is 5.27. The Balaban J connectivity index is 2.74. The van der Waals surface area contributed by atoms with Gasteiger partial charge in [0.15, 0.2) is 0 Å². The maximum absolute atomic E-state index is 11.1. The number of rotatable bonds is 5. The van der Waals surface area contributed by atoms with E-state index in [-0.39, 0.29) is 0 Å². The largest absolute Gasteiger partial charge is 0.368 e. The summed E-state index contributed by atoms with van der Waals surface area (Å²) in [7, 11) is 0. The number of nitrogens with two attached hydrogens (primary N) is 2. The van der Waals surface area contributed by atoms with Crippen molar-refractivity contribution < 1.29 is 9.59 Å². The summed E-state index contributed by atoms with van der Waals surface area (Å²) >= 11 is 0. The van der Waals surface area contributed by atoms with Gasteiger partial charge >= 0.3 is 0 Å². The summed E-state index contributed by atoms with van der Waals surface area (Å²) in [6, 6.07) is 6.52. The standard InChI is InChI=1S/C11H15N3O2/c1-7(10(12)15)14-6-8-4-2-3-5-9(8)11(13)16/h2-5,7,14H,6H2,1H3,(H2,12,15)(H2,13,16). The molecule has 1 rings (SSSR count). The number of benzene rings is 1. The highest BCUT2D eigenvalue weighted by Gasteiger charge is 2.10. The van der Waals surface area contributed by atoms with Crippen LogP contribution in [0.2, 0.25) is 0 Å². The first-order valence-corrected chi connectivity index (χ1v) is 4.92. The first-order valence-electron chi connectivity index (χ1n) is 4.92. The minimum atomic E-state index is -0.482. The average Bonchev–Trinajstić information content (AvgIpc) is 2.25. The molecule has 0 radical (unpaired) electrons. The molecule has 86 valence electrons. The lowest BCUT2D eigenvalue weighted by atomic mass is 10.1. The third-order valence-electron chi connectivity index (χ3n) is 2.31. The van der Waals surface area contributed by atoms with Crippen molar-refractivity contribution in [2.24, 2.45) is 11.5 Å². The number of amides is 2.